The lowest BCUT2D eigenvalue weighted by molar-refractivity contribution is 0.411. The summed E-state index contributed by atoms with van der Waals surface area (Å²) in [5.74, 6) is 0. The molecule has 17 rings (SSSR count). The van der Waals surface area contributed by atoms with E-state index >= 15 is 0 Å². The fourth-order valence-electron chi connectivity index (χ4n) is 20.2. The summed E-state index contributed by atoms with van der Waals surface area (Å²) in [6.07, 6.45) is -3.00. The monoisotopic (exact) mass is 1720 g/mol. The molecule has 4 heterocycles. The Labute approximate surface area is 787 Å². The molecule has 2 aliphatic heterocycles. The number of nitrogens with zero attached hydrogens (tertiary/aromatic N) is 4. The summed E-state index contributed by atoms with van der Waals surface area (Å²) in [4.78, 5) is 5.38. The van der Waals surface area contributed by atoms with Crippen LogP contribution in [0.5, 0.6) is 0 Å². The van der Waals surface area contributed by atoms with Gasteiger partial charge in [-0.05, 0) is 288 Å². The molecule has 2 aromatic heterocycles. The van der Waals surface area contributed by atoms with E-state index in [2.05, 4.69) is 449 Å². The van der Waals surface area contributed by atoms with E-state index < -0.39 is 30.3 Å². The Hall–Kier alpha value is -10.9. The van der Waals surface area contributed by atoms with E-state index in [0.29, 0.717) is 17.5 Å². The van der Waals surface area contributed by atoms with Crippen LogP contribution in [0.4, 0.5) is 34.1 Å². The van der Waals surface area contributed by atoms with Crippen LogP contribution in [-0.4, -0.2) is 15.8 Å². The summed E-state index contributed by atoms with van der Waals surface area (Å²) in [6, 6.07) is 94.5. The summed E-state index contributed by atoms with van der Waals surface area (Å²) >= 11 is 0. The predicted octanol–water partition coefficient (Wildman–Crippen LogP) is 33.8. The smallest absolute Gasteiger partial charge is 0.252 e. The van der Waals surface area contributed by atoms with Crippen molar-refractivity contribution in [3.8, 4) is 55.9 Å². The summed E-state index contributed by atoms with van der Waals surface area (Å²) in [5.41, 5.74) is 32.2. The lowest BCUT2D eigenvalue weighted by Crippen LogP contribution is -2.61. The zero-order valence-corrected chi connectivity index (χ0v) is 84.7. The third kappa shape index (κ3) is 17.3. The van der Waals surface area contributed by atoms with Crippen molar-refractivity contribution in [1.82, 2.24) is 9.13 Å². The zero-order valence-electron chi connectivity index (χ0n) is 88.7. The van der Waals surface area contributed by atoms with Crippen molar-refractivity contribution in [3.05, 3.63) is 304 Å². The third-order valence-corrected chi connectivity index (χ3v) is 27.2. The maximum absolute atomic E-state index is 10.7. The van der Waals surface area contributed by atoms with E-state index in [1.165, 1.54) is 66.1 Å². The number of fused-ring (bicyclic) bond motifs is 10. The van der Waals surface area contributed by atoms with Crippen LogP contribution in [0.3, 0.4) is 0 Å². The number of hydrogen-bond acceptors (Lipinski definition) is 2. The van der Waals surface area contributed by atoms with Gasteiger partial charge >= 0.3 is 0 Å². The molecule has 668 valence electrons. The molecular formula is C125H145BN4. The topological polar surface area (TPSA) is 16.3 Å². The van der Waals surface area contributed by atoms with Gasteiger partial charge in [-0.1, -0.05) is 362 Å². The molecule has 0 atom stereocenters. The van der Waals surface area contributed by atoms with Crippen LogP contribution in [-0.2, 0) is 62.5 Å². The molecule has 0 N–H and O–H groups in total. The summed E-state index contributed by atoms with van der Waals surface area (Å²) in [5, 5.41) is 4.84. The number of aromatic nitrogens is 2. The molecule has 0 aliphatic carbocycles. The van der Waals surface area contributed by atoms with Gasteiger partial charge in [0.15, 0.2) is 0 Å². The van der Waals surface area contributed by atoms with Crippen molar-refractivity contribution in [1.29, 1.82) is 0 Å². The van der Waals surface area contributed by atoms with Gasteiger partial charge in [-0.2, -0.15) is 0 Å². The van der Waals surface area contributed by atoms with Crippen molar-refractivity contribution in [2.75, 3.05) is 9.80 Å². The van der Waals surface area contributed by atoms with Gasteiger partial charge in [-0.3, -0.25) is 0 Å². The van der Waals surface area contributed by atoms with Crippen LogP contribution < -0.4 is 26.2 Å². The molecule has 0 fully saturated rings. The lowest BCUT2D eigenvalue weighted by atomic mass is 9.33. The number of hydrogen-bond donors (Lipinski definition) is 0. The minimum absolute atomic E-state index is 0.128. The van der Waals surface area contributed by atoms with Crippen molar-refractivity contribution in [3.63, 3.8) is 0 Å². The molecule has 2 aliphatic rings. The lowest BCUT2D eigenvalue weighted by Gasteiger charge is -2.46. The molecule has 0 bridgehead atoms. The van der Waals surface area contributed by atoms with Crippen LogP contribution in [0.1, 0.15) is 295 Å². The standard InChI is InChI=1S/C125H145BN4/c1-115(2,3)74-77-58-94(80-38-34-42-84(64-80)118(10,11)12)113(95(59-77)81-39-35-43-85(65-81)119(13,14)15)129-108-72-92(127-104-54-46-88(122(22,23)24)68-98(104)99-69-89(123(25,26)27)47-55-105(99)127)50-52-102(108)126-103-53-51-93(128-106-56-48-90(124(28,29)30)70-100(106)101-71-91(125(31,32)33)49-57-107(101)128)73-109(103)130(111-63-79(76-117(7,8)9)62-110(129)112(111)126)114-96(82-40-36-44-86(66-82)120(16,17)18)60-78(75-116(4,5)6)61-97(114)83-41-37-45-87(67-83)121(19,20)21/h34-73H,74-76H2,1-33H3/i74D2,75D2. The number of benzene rings is 13. The van der Waals surface area contributed by atoms with Crippen molar-refractivity contribution >= 4 is 101 Å². The SMILES string of the molecule is [2H]C([2H])(c1cc(-c2cccc(C(C)(C)C)c2)c(N2c3cc(-n4c5ccc(C(C)(C)C)cc5c5cc(C(C)(C)C)ccc54)ccc3B3c4ccc(-n5c6ccc(C(C)(C)C)cc6c6cc(C(C)(C)C)ccc65)cc4N(c4c(-c5cccc(C(C)(C)C)c5)cc(C([2H])([2H])C(C)(C)C)cc4-c4cccc(C(C)(C)C)c4)c4cc(CC(C)(C)C)cc2c43)c(-c2cccc(C(C)(C)C)c2)c1)C(C)(C)C. The normalized spacial score (nSPS) is 14.6. The Morgan fingerprint density at radius 2 is 0.492 bits per heavy atom. The Morgan fingerprint density at radius 3 is 0.731 bits per heavy atom. The highest BCUT2D eigenvalue weighted by Gasteiger charge is 2.47. The predicted molar refractivity (Wildman–Crippen MR) is 570 cm³/mol. The minimum Gasteiger partial charge on any atom is -0.310 e. The molecule has 15 aromatic rings. The van der Waals surface area contributed by atoms with Gasteiger partial charge < -0.3 is 18.9 Å². The van der Waals surface area contributed by atoms with Gasteiger partial charge in [-0.15, -0.1) is 0 Å². The molecule has 130 heavy (non-hydrogen) atoms. The average molecular weight is 1720 g/mol. The fraction of sp³-hybridized carbons (Fsp3) is 0.376. The van der Waals surface area contributed by atoms with Crippen LogP contribution in [0.25, 0.3) is 99.5 Å². The Kier molecular flexibility index (Phi) is 20.8. The van der Waals surface area contributed by atoms with E-state index in [-0.39, 0.29) is 48.7 Å². The molecule has 13 aromatic carbocycles. The van der Waals surface area contributed by atoms with E-state index in [0.717, 1.165) is 134 Å². The summed E-state index contributed by atoms with van der Waals surface area (Å²) < 4.78 is 48.0. The second kappa shape index (κ2) is 31.4. The molecule has 0 amide bonds. The minimum atomic E-state index is -1.85. The largest absolute Gasteiger partial charge is 0.310 e. The van der Waals surface area contributed by atoms with Crippen LogP contribution in [0, 0.1) is 16.2 Å². The quantitative estimate of drug-likeness (QED) is 0.120. The Bertz CT molecular complexity index is 6520. The Balaban J connectivity index is 1.13. The third-order valence-electron chi connectivity index (χ3n) is 27.2. The van der Waals surface area contributed by atoms with Gasteiger partial charge in [0.25, 0.3) is 6.71 Å². The van der Waals surface area contributed by atoms with E-state index in [1.807, 2.05) is 41.5 Å². The van der Waals surface area contributed by atoms with Gasteiger partial charge in [0, 0.05) is 83.4 Å². The van der Waals surface area contributed by atoms with Gasteiger partial charge in [0.05, 0.1) is 33.4 Å². The maximum atomic E-state index is 10.7. The second-order valence-corrected chi connectivity index (χ2v) is 49.9. The fourth-order valence-corrected chi connectivity index (χ4v) is 20.2. The Morgan fingerprint density at radius 1 is 0.238 bits per heavy atom. The first kappa shape index (κ1) is 85.9. The first-order valence-corrected chi connectivity index (χ1v) is 47.9. The van der Waals surface area contributed by atoms with E-state index in [9.17, 15) is 5.48 Å². The van der Waals surface area contributed by atoms with Gasteiger partial charge in [0.1, 0.15) is 0 Å². The van der Waals surface area contributed by atoms with Gasteiger partial charge in [0.2, 0.25) is 0 Å². The van der Waals surface area contributed by atoms with Crippen LogP contribution in [0.2, 0.25) is 0 Å². The van der Waals surface area contributed by atoms with Crippen molar-refractivity contribution < 1.29 is 5.48 Å². The molecule has 0 saturated carbocycles. The van der Waals surface area contributed by atoms with E-state index in [1.54, 1.807) is 0 Å². The highest BCUT2D eigenvalue weighted by molar-refractivity contribution is 7.00. The molecular weight excluding hydrogens is 1570 g/mol. The number of anilines is 6. The highest BCUT2D eigenvalue weighted by Crippen LogP contribution is 2.57. The first-order valence-electron chi connectivity index (χ1n) is 49.9. The molecule has 5 heteroatoms. The van der Waals surface area contributed by atoms with Crippen molar-refractivity contribution in [2.45, 2.75) is 291 Å². The van der Waals surface area contributed by atoms with E-state index in [4.69, 9.17) is 0 Å². The highest BCUT2D eigenvalue weighted by atomic mass is 15.2. The number of rotatable bonds is 11. The van der Waals surface area contributed by atoms with Crippen molar-refractivity contribution in [2.24, 2.45) is 16.2 Å². The first-order chi connectivity index (χ1) is 61.9. The second-order valence-electron chi connectivity index (χ2n) is 49.9. The molecule has 0 spiro atoms. The average Bonchev–Trinajstić information content (AvgIpc) is 0.790. The van der Waals surface area contributed by atoms with Crippen LogP contribution >= 0.6 is 0 Å². The maximum Gasteiger partial charge on any atom is 0.252 e. The molecule has 0 radical (unpaired) electrons. The molecule has 4 nitrogen and oxygen atoms in total. The van der Waals surface area contributed by atoms with Gasteiger partial charge in [-0.25, -0.2) is 0 Å². The molecule has 0 unspecified atom stereocenters. The summed E-state index contributed by atoms with van der Waals surface area (Å²) in [6.45, 7) is 74.5. The molecule has 0 saturated heterocycles. The zero-order chi connectivity index (χ0) is 97.3. The van der Waals surface area contributed by atoms with Crippen LogP contribution in [0.15, 0.2) is 243 Å². The summed E-state index contributed by atoms with van der Waals surface area (Å²) in [7, 11) is 0.